The van der Waals surface area contributed by atoms with Crippen molar-refractivity contribution in [3.8, 4) is 0 Å². The Morgan fingerprint density at radius 3 is 2.54 bits per heavy atom. The minimum atomic E-state index is -0.678. The van der Waals surface area contributed by atoms with Gasteiger partial charge in [-0.15, -0.1) is 0 Å². The first-order chi connectivity index (χ1) is 6.20. The normalized spacial score (nSPS) is 31.5. The fourth-order valence-corrected chi connectivity index (χ4v) is 1.63. The van der Waals surface area contributed by atoms with Crippen LogP contribution in [0.5, 0.6) is 0 Å². The maximum Gasteiger partial charge on any atom is 0.167 e. The molecule has 0 fully saturated rings. The molecule has 0 radical (unpaired) electrons. The lowest BCUT2D eigenvalue weighted by molar-refractivity contribution is -0.127. The molecule has 2 unspecified atom stereocenters. The summed E-state index contributed by atoms with van der Waals surface area (Å²) in [6.07, 6.45) is 7.19. The van der Waals surface area contributed by atoms with E-state index in [0.717, 1.165) is 0 Å². The first-order valence-electron chi connectivity index (χ1n) is 4.03. The van der Waals surface area contributed by atoms with Crippen LogP contribution in [0.15, 0.2) is 36.1 Å². The Balaban J connectivity index is 2.46. The van der Waals surface area contributed by atoms with Crippen LogP contribution < -0.4 is 0 Å². The third-order valence-corrected chi connectivity index (χ3v) is 2.31. The number of rotatable bonds is 0. The van der Waals surface area contributed by atoms with Gasteiger partial charge in [-0.25, -0.2) is 0 Å². The molecule has 2 aliphatic rings. The Morgan fingerprint density at radius 1 is 1.15 bits per heavy atom. The number of aliphatic hydroxyl groups excluding tert-OH is 1. The molecule has 0 saturated carbocycles. The van der Waals surface area contributed by atoms with Crippen LogP contribution in [0.4, 0.5) is 0 Å². The number of carbonyl (C=O) groups is 2. The van der Waals surface area contributed by atoms with Crippen LogP contribution in [0.25, 0.3) is 0 Å². The summed E-state index contributed by atoms with van der Waals surface area (Å²) in [7, 11) is 0. The maximum absolute atomic E-state index is 11.3. The van der Waals surface area contributed by atoms with E-state index in [1.807, 2.05) is 0 Å². The number of carbonyl (C=O) groups excluding carboxylic acids is 2. The lowest BCUT2D eigenvalue weighted by Crippen LogP contribution is -2.33. The van der Waals surface area contributed by atoms with Crippen molar-refractivity contribution in [1.82, 2.24) is 0 Å². The van der Waals surface area contributed by atoms with Crippen molar-refractivity contribution >= 4 is 11.6 Å². The van der Waals surface area contributed by atoms with E-state index in [1.54, 1.807) is 12.2 Å². The molecule has 2 rings (SSSR count). The van der Waals surface area contributed by atoms with Crippen LogP contribution in [-0.4, -0.2) is 16.7 Å². The zero-order valence-electron chi connectivity index (χ0n) is 6.81. The van der Waals surface area contributed by atoms with Gasteiger partial charge in [0.05, 0.1) is 11.8 Å². The summed E-state index contributed by atoms with van der Waals surface area (Å²) in [5.41, 5.74) is 0. The second-order valence-electron chi connectivity index (χ2n) is 3.12. The molecule has 3 nitrogen and oxygen atoms in total. The zero-order chi connectivity index (χ0) is 9.42. The average molecular weight is 176 g/mol. The second kappa shape index (κ2) is 2.69. The largest absolute Gasteiger partial charge is 0.512 e. The lowest BCUT2D eigenvalue weighted by Gasteiger charge is -2.24. The van der Waals surface area contributed by atoms with Gasteiger partial charge in [-0.2, -0.15) is 0 Å². The van der Waals surface area contributed by atoms with Crippen molar-refractivity contribution in [2.75, 3.05) is 0 Å². The Kier molecular flexibility index (Phi) is 1.65. The van der Waals surface area contributed by atoms with Crippen molar-refractivity contribution in [3.05, 3.63) is 36.1 Å². The number of hydrogen-bond acceptors (Lipinski definition) is 3. The van der Waals surface area contributed by atoms with E-state index in [-0.39, 0.29) is 17.3 Å². The Hall–Kier alpha value is -1.64. The summed E-state index contributed by atoms with van der Waals surface area (Å²) in [4.78, 5) is 22.6. The predicted octanol–water partition coefficient (Wildman–Crippen LogP) is 0.938. The molecule has 3 heteroatoms. The van der Waals surface area contributed by atoms with Gasteiger partial charge in [0.1, 0.15) is 5.76 Å². The van der Waals surface area contributed by atoms with Crippen LogP contribution in [-0.2, 0) is 9.59 Å². The minimum absolute atomic E-state index is 0.0183. The first-order valence-corrected chi connectivity index (χ1v) is 4.03. The van der Waals surface area contributed by atoms with Gasteiger partial charge in [0, 0.05) is 0 Å². The van der Waals surface area contributed by atoms with Gasteiger partial charge in [0.2, 0.25) is 0 Å². The Bertz CT molecular complexity index is 360. The molecule has 0 aromatic rings. The standard InChI is InChI=1S/C10H8O3/c11-7-4-5-9(13)10-6(7)2-1-3-8(10)12/h1-6,10,12H. The highest BCUT2D eigenvalue weighted by Gasteiger charge is 2.36. The molecule has 13 heavy (non-hydrogen) atoms. The third kappa shape index (κ3) is 1.13. The van der Waals surface area contributed by atoms with Crippen LogP contribution in [0, 0.1) is 11.8 Å². The van der Waals surface area contributed by atoms with Crippen LogP contribution in [0.3, 0.4) is 0 Å². The number of fused-ring (bicyclic) bond motifs is 1. The molecular formula is C10H8O3. The molecule has 0 bridgehead atoms. The van der Waals surface area contributed by atoms with E-state index in [9.17, 15) is 14.7 Å². The molecular weight excluding hydrogens is 168 g/mol. The van der Waals surface area contributed by atoms with Gasteiger partial charge in [0.25, 0.3) is 0 Å². The van der Waals surface area contributed by atoms with Gasteiger partial charge >= 0.3 is 0 Å². The number of hydrogen-bond donors (Lipinski definition) is 1. The summed E-state index contributed by atoms with van der Waals surface area (Å²) in [5, 5.41) is 9.40. The monoisotopic (exact) mass is 176 g/mol. The van der Waals surface area contributed by atoms with Crippen molar-refractivity contribution < 1.29 is 14.7 Å². The van der Waals surface area contributed by atoms with Crippen LogP contribution in [0.1, 0.15) is 0 Å². The van der Waals surface area contributed by atoms with E-state index in [1.165, 1.54) is 18.2 Å². The molecule has 0 saturated heterocycles. The highest BCUT2D eigenvalue weighted by atomic mass is 16.3. The van der Waals surface area contributed by atoms with E-state index in [4.69, 9.17) is 0 Å². The third-order valence-electron chi connectivity index (χ3n) is 2.31. The second-order valence-corrected chi connectivity index (χ2v) is 3.12. The number of aliphatic hydroxyl groups is 1. The summed E-state index contributed by atoms with van der Waals surface area (Å²) in [5.74, 6) is -1.52. The number of ketones is 2. The molecule has 2 aliphatic carbocycles. The van der Waals surface area contributed by atoms with Crippen LogP contribution in [0.2, 0.25) is 0 Å². The van der Waals surface area contributed by atoms with Crippen molar-refractivity contribution in [3.63, 3.8) is 0 Å². The van der Waals surface area contributed by atoms with E-state index >= 15 is 0 Å². The minimum Gasteiger partial charge on any atom is -0.512 e. The molecule has 66 valence electrons. The number of allylic oxidation sites excluding steroid dienone is 6. The maximum atomic E-state index is 11.3. The lowest BCUT2D eigenvalue weighted by atomic mass is 9.78. The molecule has 2 atom stereocenters. The predicted molar refractivity (Wildman–Crippen MR) is 46.0 cm³/mol. The summed E-state index contributed by atoms with van der Waals surface area (Å²) < 4.78 is 0. The Morgan fingerprint density at radius 2 is 1.85 bits per heavy atom. The fourth-order valence-electron chi connectivity index (χ4n) is 1.63. The van der Waals surface area contributed by atoms with Gasteiger partial charge in [0.15, 0.2) is 11.6 Å². The van der Waals surface area contributed by atoms with Crippen molar-refractivity contribution in [2.45, 2.75) is 0 Å². The van der Waals surface area contributed by atoms with E-state index < -0.39 is 11.8 Å². The van der Waals surface area contributed by atoms with Gasteiger partial charge in [-0.1, -0.05) is 12.2 Å². The molecule has 0 aromatic heterocycles. The highest BCUT2D eigenvalue weighted by molar-refractivity contribution is 6.09. The smallest absolute Gasteiger partial charge is 0.167 e. The quantitative estimate of drug-likeness (QED) is 0.597. The summed E-state index contributed by atoms with van der Waals surface area (Å²) in [6, 6.07) is 0. The SMILES string of the molecule is O=C1C=CC(=O)C2C(O)=CC=CC12. The first kappa shape index (κ1) is 7.98. The molecule has 0 heterocycles. The molecule has 1 N–H and O–H groups in total. The van der Waals surface area contributed by atoms with Gasteiger partial charge in [-0.05, 0) is 18.2 Å². The van der Waals surface area contributed by atoms with E-state index in [0.29, 0.717) is 0 Å². The molecule has 0 amide bonds. The highest BCUT2D eigenvalue weighted by Crippen LogP contribution is 2.29. The zero-order valence-corrected chi connectivity index (χ0v) is 6.81. The van der Waals surface area contributed by atoms with E-state index in [2.05, 4.69) is 0 Å². The molecule has 0 spiro atoms. The fraction of sp³-hybridized carbons (Fsp3) is 0.200. The summed E-state index contributed by atoms with van der Waals surface area (Å²) >= 11 is 0. The van der Waals surface area contributed by atoms with Gasteiger partial charge < -0.3 is 5.11 Å². The van der Waals surface area contributed by atoms with Crippen LogP contribution >= 0.6 is 0 Å². The Labute approximate surface area is 75.1 Å². The van der Waals surface area contributed by atoms with Gasteiger partial charge in [-0.3, -0.25) is 9.59 Å². The van der Waals surface area contributed by atoms with Crippen molar-refractivity contribution in [2.24, 2.45) is 11.8 Å². The van der Waals surface area contributed by atoms with Crippen molar-refractivity contribution in [1.29, 1.82) is 0 Å². The molecule has 0 aliphatic heterocycles. The molecule has 0 aromatic carbocycles. The average Bonchev–Trinajstić information content (AvgIpc) is 2.12. The topological polar surface area (TPSA) is 54.4 Å². The summed E-state index contributed by atoms with van der Waals surface area (Å²) in [6.45, 7) is 0.